The number of benzene rings is 2. The summed E-state index contributed by atoms with van der Waals surface area (Å²) >= 11 is 0. The number of carbonyl (C=O) groups excluding carboxylic acids is 3. The van der Waals surface area contributed by atoms with Gasteiger partial charge < -0.3 is 10.2 Å². The van der Waals surface area contributed by atoms with Crippen molar-refractivity contribution in [3.63, 3.8) is 0 Å². The SMILES string of the molecule is CC(=O)c1ccc(N2C(=O)C[C@H](Nc3ccc(N4CCCCC4)cc3)C2=O)cc1. The molecule has 2 fully saturated rings. The summed E-state index contributed by atoms with van der Waals surface area (Å²) in [5.74, 6) is -0.568. The van der Waals surface area contributed by atoms with Crippen LogP contribution in [0.1, 0.15) is 43.0 Å². The fourth-order valence-electron chi connectivity index (χ4n) is 3.98. The molecule has 1 atom stereocenters. The van der Waals surface area contributed by atoms with Gasteiger partial charge in [0, 0.05) is 30.0 Å². The van der Waals surface area contributed by atoms with Gasteiger partial charge in [0.2, 0.25) is 5.91 Å². The second-order valence-electron chi connectivity index (χ2n) is 7.67. The van der Waals surface area contributed by atoms with E-state index in [0.29, 0.717) is 11.3 Å². The normalized spacial score (nSPS) is 19.6. The fourth-order valence-corrected chi connectivity index (χ4v) is 3.98. The number of piperidine rings is 1. The molecule has 6 heteroatoms. The smallest absolute Gasteiger partial charge is 0.256 e. The van der Waals surface area contributed by atoms with Crippen molar-refractivity contribution < 1.29 is 14.4 Å². The molecular formula is C23H25N3O3. The molecule has 0 saturated carbocycles. The Kier molecular flexibility index (Phi) is 5.34. The molecule has 0 bridgehead atoms. The number of ketones is 1. The van der Waals surface area contributed by atoms with Gasteiger partial charge in [-0.15, -0.1) is 0 Å². The summed E-state index contributed by atoms with van der Waals surface area (Å²) in [5.41, 5.74) is 3.06. The first-order chi connectivity index (χ1) is 14.0. The van der Waals surface area contributed by atoms with E-state index in [1.54, 1.807) is 24.3 Å². The molecule has 2 aromatic carbocycles. The van der Waals surface area contributed by atoms with Crippen LogP contribution in [0.25, 0.3) is 0 Å². The van der Waals surface area contributed by atoms with E-state index in [1.807, 2.05) is 12.1 Å². The summed E-state index contributed by atoms with van der Waals surface area (Å²) in [7, 11) is 0. The van der Waals surface area contributed by atoms with Crippen LogP contribution in [0.2, 0.25) is 0 Å². The third kappa shape index (κ3) is 4.01. The maximum Gasteiger partial charge on any atom is 0.256 e. The van der Waals surface area contributed by atoms with Crippen LogP contribution < -0.4 is 15.1 Å². The van der Waals surface area contributed by atoms with Crippen LogP contribution in [0.5, 0.6) is 0 Å². The average molecular weight is 391 g/mol. The van der Waals surface area contributed by atoms with Crippen molar-refractivity contribution in [1.29, 1.82) is 0 Å². The van der Waals surface area contributed by atoms with Crippen molar-refractivity contribution in [2.45, 2.75) is 38.6 Å². The Hall–Kier alpha value is -3.15. The van der Waals surface area contributed by atoms with Crippen molar-refractivity contribution >= 4 is 34.7 Å². The van der Waals surface area contributed by atoms with E-state index in [2.05, 4.69) is 22.3 Å². The Morgan fingerprint density at radius 2 is 1.52 bits per heavy atom. The molecule has 2 heterocycles. The van der Waals surface area contributed by atoms with E-state index >= 15 is 0 Å². The van der Waals surface area contributed by atoms with Crippen LogP contribution in [0.3, 0.4) is 0 Å². The van der Waals surface area contributed by atoms with Gasteiger partial charge in [0.1, 0.15) is 6.04 Å². The average Bonchev–Trinajstić information content (AvgIpc) is 3.02. The Labute approximate surface area is 170 Å². The number of Topliss-reactive ketones (excluding diaryl/α,β-unsaturated/α-hetero) is 1. The number of imide groups is 1. The maximum atomic E-state index is 12.8. The fraction of sp³-hybridized carbons (Fsp3) is 0.348. The topological polar surface area (TPSA) is 69.7 Å². The van der Waals surface area contributed by atoms with Gasteiger partial charge in [-0.1, -0.05) is 0 Å². The van der Waals surface area contributed by atoms with E-state index < -0.39 is 6.04 Å². The lowest BCUT2D eigenvalue weighted by Gasteiger charge is -2.29. The van der Waals surface area contributed by atoms with Crippen LogP contribution in [0.4, 0.5) is 17.1 Å². The molecule has 0 aromatic heterocycles. The van der Waals surface area contributed by atoms with E-state index in [9.17, 15) is 14.4 Å². The molecule has 2 saturated heterocycles. The van der Waals surface area contributed by atoms with Crippen molar-refractivity contribution in [3.05, 3.63) is 54.1 Å². The van der Waals surface area contributed by atoms with E-state index in [0.717, 1.165) is 18.8 Å². The third-order valence-corrected chi connectivity index (χ3v) is 5.61. The number of anilines is 3. The lowest BCUT2D eigenvalue weighted by atomic mass is 10.1. The van der Waals surface area contributed by atoms with Crippen LogP contribution in [0, 0.1) is 0 Å². The highest BCUT2D eigenvalue weighted by atomic mass is 16.2. The standard InChI is InChI=1S/C23H25N3O3/c1-16(27)17-5-9-20(10-6-17)26-22(28)15-21(23(26)29)24-18-7-11-19(12-8-18)25-13-3-2-4-14-25/h5-12,21,24H,2-4,13-15H2,1H3/t21-/m0/s1. The van der Waals surface area contributed by atoms with Crippen LogP contribution in [0.15, 0.2) is 48.5 Å². The predicted octanol–water partition coefficient (Wildman–Crippen LogP) is 3.62. The van der Waals surface area contributed by atoms with Crippen molar-refractivity contribution in [2.24, 2.45) is 0 Å². The van der Waals surface area contributed by atoms with Gasteiger partial charge in [-0.25, -0.2) is 4.90 Å². The molecule has 4 rings (SSSR count). The predicted molar refractivity (Wildman–Crippen MR) is 113 cm³/mol. The molecule has 2 aliphatic heterocycles. The number of nitrogens with one attached hydrogen (secondary N) is 1. The van der Waals surface area contributed by atoms with E-state index in [4.69, 9.17) is 0 Å². The molecule has 0 aliphatic carbocycles. The molecule has 0 spiro atoms. The number of hydrogen-bond donors (Lipinski definition) is 1. The highest BCUT2D eigenvalue weighted by Crippen LogP contribution is 2.27. The first-order valence-corrected chi connectivity index (χ1v) is 10.1. The van der Waals surface area contributed by atoms with Gasteiger partial charge in [-0.05, 0) is 74.7 Å². The Balaban J connectivity index is 1.44. The number of rotatable bonds is 5. The molecule has 6 nitrogen and oxygen atoms in total. The van der Waals surface area contributed by atoms with Crippen molar-refractivity contribution in [2.75, 3.05) is 28.2 Å². The van der Waals surface area contributed by atoms with Gasteiger partial charge in [0.05, 0.1) is 12.1 Å². The Bertz CT molecular complexity index is 915. The van der Waals surface area contributed by atoms with E-state index in [-0.39, 0.29) is 24.0 Å². The second-order valence-corrected chi connectivity index (χ2v) is 7.67. The summed E-state index contributed by atoms with van der Waals surface area (Å²) in [6.45, 7) is 3.65. The molecular weight excluding hydrogens is 366 g/mol. The zero-order valence-electron chi connectivity index (χ0n) is 16.6. The number of hydrogen-bond acceptors (Lipinski definition) is 5. The first kappa shape index (κ1) is 19.2. The Morgan fingerprint density at radius 3 is 2.14 bits per heavy atom. The molecule has 0 radical (unpaired) electrons. The van der Waals surface area contributed by atoms with Crippen LogP contribution in [-0.2, 0) is 9.59 Å². The van der Waals surface area contributed by atoms with Crippen molar-refractivity contribution in [3.8, 4) is 0 Å². The van der Waals surface area contributed by atoms with Gasteiger partial charge in [-0.3, -0.25) is 14.4 Å². The first-order valence-electron chi connectivity index (χ1n) is 10.1. The molecule has 29 heavy (non-hydrogen) atoms. The number of amides is 2. The molecule has 0 unspecified atom stereocenters. The number of nitrogens with zero attached hydrogens (tertiary/aromatic N) is 2. The zero-order chi connectivity index (χ0) is 20.4. The van der Waals surface area contributed by atoms with Gasteiger partial charge >= 0.3 is 0 Å². The zero-order valence-corrected chi connectivity index (χ0v) is 16.6. The monoisotopic (exact) mass is 391 g/mol. The number of carbonyl (C=O) groups is 3. The van der Waals surface area contributed by atoms with Gasteiger partial charge in [-0.2, -0.15) is 0 Å². The second kappa shape index (κ2) is 8.07. The minimum absolute atomic E-state index is 0.0526. The van der Waals surface area contributed by atoms with Gasteiger partial charge in [0.25, 0.3) is 5.91 Å². The Morgan fingerprint density at radius 1 is 0.897 bits per heavy atom. The summed E-state index contributed by atoms with van der Waals surface area (Å²) in [4.78, 5) is 40.3. The highest BCUT2D eigenvalue weighted by molar-refractivity contribution is 6.23. The van der Waals surface area contributed by atoms with Gasteiger partial charge in [0.15, 0.2) is 5.78 Å². The minimum Gasteiger partial charge on any atom is -0.373 e. The lowest BCUT2D eigenvalue weighted by Crippen LogP contribution is -2.34. The van der Waals surface area contributed by atoms with Crippen LogP contribution in [-0.4, -0.2) is 36.7 Å². The molecule has 2 amide bonds. The summed E-state index contributed by atoms with van der Waals surface area (Å²) < 4.78 is 0. The minimum atomic E-state index is -0.587. The summed E-state index contributed by atoms with van der Waals surface area (Å²) in [5, 5.41) is 3.20. The largest absolute Gasteiger partial charge is 0.373 e. The molecule has 1 N–H and O–H groups in total. The molecule has 2 aliphatic rings. The summed E-state index contributed by atoms with van der Waals surface area (Å²) in [6.07, 6.45) is 3.85. The van der Waals surface area contributed by atoms with Crippen LogP contribution >= 0.6 is 0 Å². The molecule has 150 valence electrons. The third-order valence-electron chi connectivity index (χ3n) is 5.61. The lowest BCUT2D eigenvalue weighted by molar-refractivity contribution is -0.121. The summed E-state index contributed by atoms with van der Waals surface area (Å²) in [6, 6.07) is 14.0. The maximum absolute atomic E-state index is 12.8. The highest BCUT2D eigenvalue weighted by Gasteiger charge is 2.39. The van der Waals surface area contributed by atoms with Crippen molar-refractivity contribution in [1.82, 2.24) is 0 Å². The molecule has 2 aromatic rings. The quantitative estimate of drug-likeness (QED) is 0.623. The van der Waals surface area contributed by atoms with E-state index in [1.165, 1.54) is 36.8 Å².